The lowest BCUT2D eigenvalue weighted by Gasteiger charge is -2.30. The van der Waals surface area contributed by atoms with Crippen LogP contribution < -0.4 is 14.8 Å². The molecule has 3 rings (SSSR count). The van der Waals surface area contributed by atoms with Gasteiger partial charge in [0.25, 0.3) is 0 Å². The second kappa shape index (κ2) is 11.0. The van der Waals surface area contributed by atoms with Crippen LogP contribution in [0.2, 0.25) is 0 Å². The lowest BCUT2D eigenvalue weighted by Crippen LogP contribution is -2.41. The summed E-state index contributed by atoms with van der Waals surface area (Å²) in [6.45, 7) is 4.98. The summed E-state index contributed by atoms with van der Waals surface area (Å²) < 4.78 is 43.6. The number of rotatable bonds is 9. The highest BCUT2D eigenvalue weighted by Gasteiger charge is 2.32. The summed E-state index contributed by atoms with van der Waals surface area (Å²) in [7, 11) is -0.733. The Labute approximate surface area is 195 Å². The molecular formula is C24H32N2O6S. The summed E-state index contributed by atoms with van der Waals surface area (Å²) in [5.41, 5.74) is 1.70. The van der Waals surface area contributed by atoms with E-state index in [-0.39, 0.29) is 35.9 Å². The zero-order chi connectivity index (χ0) is 24.0. The van der Waals surface area contributed by atoms with Crippen molar-refractivity contribution in [2.45, 2.75) is 44.3 Å². The first-order valence-corrected chi connectivity index (χ1v) is 12.4. The molecule has 1 aliphatic rings. The standard InChI is InChI=1S/C24H32N2O6S/c1-17(2)32-16-18-6-5-7-20(14-18)25-24(27)19-10-12-26(13-11-19)33(28,29)21-8-9-22(30-3)23(15-21)31-4/h5-9,14-15,17,19H,10-13,16H2,1-4H3,(H,25,27). The van der Waals surface area contributed by atoms with E-state index in [2.05, 4.69) is 5.32 Å². The molecule has 1 amide bonds. The molecule has 1 fully saturated rings. The molecule has 1 aliphatic heterocycles. The number of amides is 1. The first-order chi connectivity index (χ1) is 15.7. The Morgan fingerprint density at radius 3 is 2.39 bits per heavy atom. The van der Waals surface area contributed by atoms with Gasteiger partial charge < -0.3 is 19.5 Å². The number of benzene rings is 2. The quantitative estimate of drug-likeness (QED) is 0.594. The van der Waals surface area contributed by atoms with E-state index in [9.17, 15) is 13.2 Å². The van der Waals surface area contributed by atoms with E-state index < -0.39 is 10.0 Å². The van der Waals surface area contributed by atoms with Crippen molar-refractivity contribution in [3.63, 3.8) is 0 Å². The highest BCUT2D eigenvalue weighted by atomic mass is 32.2. The van der Waals surface area contributed by atoms with Gasteiger partial charge in [0.1, 0.15) is 0 Å². The van der Waals surface area contributed by atoms with Crippen LogP contribution >= 0.6 is 0 Å². The Morgan fingerprint density at radius 1 is 1.06 bits per heavy atom. The van der Waals surface area contributed by atoms with Crippen molar-refractivity contribution in [2.75, 3.05) is 32.6 Å². The van der Waals surface area contributed by atoms with Crippen LogP contribution in [-0.4, -0.2) is 52.0 Å². The lowest BCUT2D eigenvalue weighted by atomic mass is 9.97. The Morgan fingerprint density at radius 2 is 1.76 bits per heavy atom. The molecule has 1 saturated heterocycles. The molecule has 0 radical (unpaired) electrons. The Bertz CT molecular complexity index is 1060. The van der Waals surface area contributed by atoms with Gasteiger partial charge in [0.15, 0.2) is 11.5 Å². The van der Waals surface area contributed by atoms with Crippen molar-refractivity contribution in [1.29, 1.82) is 0 Å². The van der Waals surface area contributed by atoms with Crippen molar-refractivity contribution in [1.82, 2.24) is 4.31 Å². The van der Waals surface area contributed by atoms with Crippen molar-refractivity contribution in [2.24, 2.45) is 5.92 Å². The van der Waals surface area contributed by atoms with Gasteiger partial charge in [-0.3, -0.25) is 4.79 Å². The van der Waals surface area contributed by atoms with E-state index in [0.29, 0.717) is 36.6 Å². The molecule has 0 saturated carbocycles. The molecule has 0 aliphatic carbocycles. The number of carbonyl (C=O) groups excluding carboxylic acids is 1. The topological polar surface area (TPSA) is 94.2 Å². The predicted molar refractivity (Wildman–Crippen MR) is 126 cm³/mol. The van der Waals surface area contributed by atoms with E-state index in [1.54, 1.807) is 6.07 Å². The Kier molecular flexibility index (Phi) is 8.34. The van der Waals surface area contributed by atoms with Crippen LogP contribution in [0.3, 0.4) is 0 Å². The van der Waals surface area contributed by atoms with Crippen LogP contribution in [0.15, 0.2) is 47.4 Å². The second-order valence-corrected chi connectivity index (χ2v) is 10.2. The van der Waals surface area contributed by atoms with Crippen LogP contribution in [0.25, 0.3) is 0 Å². The summed E-state index contributed by atoms with van der Waals surface area (Å²) in [6, 6.07) is 12.1. The molecule has 2 aromatic rings. The molecule has 9 heteroatoms. The Hall–Kier alpha value is -2.62. The fourth-order valence-electron chi connectivity index (χ4n) is 3.73. The van der Waals surface area contributed by atoms with Gasteiger partial charge in [0, 0.05) is 30.8 Å². The molecular weight excluding hydrogens is 444 g/mol. The number of carbonyl (C=O) groups is 1. The smallest absolute Gasteiger partial charge is 0.243 e. The molecule has 0 bridgehead atoms. The van der Waals surface area contributed by atoms with E-state index in [0.717, 1.165) is 5.56 Å². The molecule has 1 N–H and O–H groups in total. The molecule has 0 unspecified atom stereocenters. The van der Waals surface area contributed by atoms with Crippen molar-refractivity contribution in [3.8, 4) is 11.5 Å². The van der Waals surface area contributed by atoms with Crippen LogP contribution in [-0.2, 0) is 26.2 Å². The maximum atomic E-state index is 13.1. The third-order valence-electron chi connectivity index (χ3n) is 5.60. The lowest BCUT2D eigenvalue weighted by molar-refractivity contribution is -0.120. The van der Waals surface area contributed by atoms with Gasteiger partial charge in [0.2, 0.25) is 15.9 Å². The molecule has 0 atom stereocenters. The van der Waals surface area contributed by atoms with E-state index in [1.807, 2.05) is 38.1 Å². The van der Waals surface area contributed by atoms with Gasteiger partial charge in [0.05, 0.1) is 31.8 Å². The monoisotopic (exact) mass is 476 g/mol. The molecule has 8 nitrogen and oxygen atoms in total. The van der Waals surface area contributed by atoms with E-state index in [4.69, 9.17) is 14.2 Å². The third kappa shape index (κ3) is 6.25. The summed E-state index contributed by atoms with van der Waals surface area (Å²) in [6.07, 6.45) is 1.03. The van der Waals surface area contributed by atoms with Gasteiger partial charge in [-0.15, -0.1) is 0 Å². The summed E-state index contributed by atoms with van der Waals surface area (Å²) >= 11 is 0. The highest BCUT2D eigenvalue weighted by Crippen LogP contribution is 2.32. The molecule has 0 spiro atoms. The fraction of sp³-hybridized carbons (Fsp3) is 0.458. The summed E-state index contributed by atoms with van der Waals surface area (Å²) in [5.74, 6) is 0.470. The maximum absolute atomic E-state index is 13.1. The third-order valence-corrected chi connectivity index (χ3v) is 7.49. The number of ether oxygens (including phenoxy) is 3. The van der Waals surface area contributed by atoms with Gasteiger partial charge in [-0.05, 0) is 56.5 Å². The molecule has 1 heterocycles. The fourth-order valence-corrected chi connectivity index (χ4v) is 5.22. The van der Waals surface area contributed by atoms with Crippen molar-refractivity contribution < 1.29 is 27.4 Å². The van der Waals surface area contributed by atoms with Crippen LogP contribution in [0.1, 0.15) is 32.3 Å². The molecule has 33 heavy (non-hydrogen) atoms. The number of piperidine rings is 1. The second-order valence-electron chi connectivity index (χ2n) is 8.24. The largest absolute Gasteiger partial charge is 0.493 e. The van der Waals surface area contributed by atoms with Gasteiger partial charge in [-0.1, -0.05) is 12.1 Å². The maximum Gasteiger partial charge on any atom is 0.243 e. The van der Waals surface area contributed by atoms with Crippen LogP contribution in [0.5, 0.6) is 11.5 Å². The number of sulfonamides is 1. The molecule has 2 aromatic carbocycles. The molecule has 0 aromatic heterocycles. The predicted octanol–water partition coefficient (Wildman–Crippen LogP) is 3.67. The highest BCUT2D eigenvalue weighted by molar-refractivity contribution is 7.89. The van der Waals surface area contributed by atoms with Gasteiger partial charge in [-0.25, -0.2) is 8.42 Å². The average Bonchev–Trinajstić information content (AvgIpc) is 2.82. The number of nitrogens with zero attached hydrogens (tertiary/aromatic N) is 1. The number of hydrogen-bond acceptors (Lipinski definition) is 6. The average molecular weight is 477 g/mol. The number of methoxy groups -OCH3 is 2. The van der Waals surface area contributed by atoms with Crippen molar-refractivity contribution in [3.05, 3.63) is 48.0 Å². The first-order valence-electron chi connectivity index (χ1n) is 11.0. The summed E-state index contributed by atoms with van der Waals surface area (Å²) in [4.78, 5) is 12.9. The molecule has 180 valence electrons. The van der Waals surface area contributed by atoms with Gasteiger partial charge in [-0.2, -0.15) is 4.31 Å². The minimum atomic E-state index is -3.69. The summed E-state index contributed by atoms with van der Waals surface area (Å²) in [5, 5.41) is 2.96. The van der Waals surface area contributed by atoms with E-state index >= 15 is 0 Å². The first kappa shape index (κ1) is 25.0. The Balaban J connectivity index is 1.60. The van der Waals surface area contributed by atoms with Gasteiger partial charge >= 0.3 is 0 Å². The zero-order valence-corrected chi connectivity index (χ0v) is 20.4. The minimum Gasteiger partial charge on any atom is -0.493 e. The number of anilines is 1. The zero-order valence-electron chi connectivity index (χ0n) is 19.5. The minimum absolute atomic E-state index is 0.0971. The van der Waals surface area contributed by atoms with E-state index in [1.165, 1.54) is 30.7 Å². The van der Waals surface area contributed by atoms with Crippen LogP contribution in [0.4, 0.5) is 5.69 Å². The van der Waals surface area contributed by atoms with Crippen molar-refractivity contribution >= 4 is 21.6 Å². The number of hydrogen-bond donors (Lipinski definition) is 1. The normalized spacial score (nSPS) is 15.4. The number of nitrogens with one attached hydrogen (secondary N) is 1. The SMILES string of the molecule is COc1ccc(S(=O)(=O)N2CCC(C(=O)Nc3cccc(COC(C)C)c3)CC2)cc1OC. The van der Waals surface area contributed by atoms with Crippen LogP contribution in [0, 0.1) is 5.92 Å².